The van der Waals surface area contributed by atoms with Gasteiger partial charge in [-0.1, -0.05) is 13.8 Å². The van der Waals surface area contributed by atoms with Gasteiger partial charge in [-0.15, -0.1) is 0 Å². The van der Waals surface area contributed by atoms with Gasteiger partial charge in [-0.3, -0.25) is 9.58 Å². The first-order valence-corrected chi connectivity index (χ1v) is 7.26. The second-order valence-electron chi connectivity index (χ2n) is 5.30. The maximum Gasteiger partial charge on any atom is 0.0537 e. The van der Waals surface area contributed by atoms with E-state index in [0.717, 1.165) is 19.5 Å². The van der Waals surface area contributed by atoms with Gasteiger partial charge in [0.2, 0.25) is 0 Å². The lowest BCUT2D eigenvalue weighted by molar-refractivity contribution is 0.230. The van der Waals surface area contributed by atoms with Crippen LogP contribution < -0.4 is 5.73 Å². The van der Waals surface area contributed by atoms with Gasteiger partial charge in [-0.25, -0.2) is 0 Å². The Morgan fingerprint density at radius 3 is 2.78 bits per heavy atom. The Bertz CT molecular complexity index is 360. The molecule has 4 heteroatoms. The van der Waals surface area contributed by atoms with Gasteiger partial charge in [0, 0.05) is 24.3 Å². The summed E-state index contributed by atoms with van der Waals surface area (Å²) in [5.74, 6) is 0.593. The zero-order valence-corrected chi connectivity index (χ0v) is 11.7. The molecule has 1 fully saturated rings. The van der Waals surface area contributed by atoms with E-state index in [0.29, 0.717) is 12.0 Å². The van der Waals surface area contributed by atoms with Crippen LogP contribution in [0.25, 0.3) is 0 Å². The normalized spacial score (nSPS) is 24.8. The standard InChI is InChI=1S/C14H26N4/c1-3-6-17-8-5-12(9-15)14(17)13-10-16-18(11-13)7-4-2/h10-12,14H,3-9,15H2,1-2H3. The van der Waals surface area contributed by atoms with E-state index in [1.807, 2.05) is 6.20 Å². The van der Waals surface area contributed by atoms with E-state index in [-0.39, 0.29) is 0 Å². The molecule has 0 spiro atoms. The summed E-state index contributed by atoms with van der Waals surface area (Å²) in [6, 6.07) is 0.487. The molecule has 0 bridgehead atoms. The van der Waals surface area contributed by atoms with Crippen molar-refractivity contribution >= 4 is 0 Å². The van der Waals surface area contributed by atoms with Gasteiger partial charge >= 0.3 is 0 Å². The molecule has 2 heterocycles. The number of aromatic nitrogens is 2. The third-order valence-corrected chi connectivity index (χ3v) is 3.89. The number of rotatable bonds is 6. The Morgan fingerprint density at radius 2 is 2.11 bits per heavy atom. The third-order valence-electron chi connectivity index (χ3n) is 3.89. The van der Waals surface area contributed by atoms with Crippen LogP contribution in [0.2, 0.25) is 0 Å². The van der Waals surface area contributed by atoms with Crippen molar-refractivity contribution in [3.05, 3.63) is 18.0 Å². The molecule has 0 saturated carbocycles. The van der Waals surface area contributed by atoms with E-state index in [1.54, 1.807) is 0 Å². The molecule has 1 aromatic rings. The summed E-state index contributed by atoms with van der Waals surface area (Å²) in [6.45, 7) is 8.56. The molecule has 0 radical (unpaired) electrons. The lowest BCUT2D eigenvalue weighted by Crippen LogP contribution is -2.28. The molecule has 2 unspecified atom stereocenters. The van der Waals surface area contributed by atoms with Crippen molar-refractivity contribution in [1.82, 2.24) is 14.7 Å². The van der Waals surface area contributed by atoms with E-state index in [2.05, 4.69) is 34.7 Å². The molecule has 102 valence electrons. The molecule has 0 aliphatic carbocycles. The molecule has 1 aliphatic rings. The van der Waals surface area contributed by atoms with E-state index in [1.165, 1.54) is 31.5 Å². The summed E-state index contributed by atoms with van der Waals surface area (Å²) in [4.78, 5) is 2.57. The molecular formula is C14H26N4. The van der Waals surface area contributed by atoms with E-state index >= 15 is 0 Å². The van der Waals surface area contributed by atoms with Gasteiger partial charge in [-0.2, -0.15) is 5.10 Å². The molecular weight excluding hydrogens is 224 g/mol. The molecule has 2 N–H and O–H groups in total. The topological polar surface area (TPSA) is 47.1 Å². The Kier molecular flexibility index (Phi) is 4.78. The minimum absolute atomic E-state index is 0.487. The second kappa shape index (κ2) is 6.34. The molecule has 18 heavy (non-hydrogen) atoms. The molecule has 0 amide bonds. The SMILES string of the molecule is CCCN1CCC(CN)C1c1cnn(CCC)c1. The summed E-state index contributed by atoms with van der Waals surface area (Å²) < 4.78 is 2.06. The lowest BCUT2D eigenvalue weighted by Gasteiger charge is -2.26. The summed E-state index contributed by atoms with van der Waals surface area (Å²) in [5.41, 5.74) is 7.28. The minimum Gasteiger partial charge on any atom is -0.330 e. The number of aryl methyl sites for hydroxylation is 1. The molecule has 2 atom stereocenters. The number of nitrogens with two attached hydrogens (primary N) is 1. The maximum atomic E-state index is 5.93. The monoisotopic (exact) mass is 250 g/mol. The van der Waals surface area contributed by atoms with Crippen molar-refractivity contribution in [2.75, 3.05) is 19.6 Å². The highest BCUT2D eigenvalue weighted by molar-refractivity contribution is 5.14. The molecule has 2 rings (SSSR count). The Hall–Kier alpha value is -0.870. The van der Waals surface area contributed by atoms with Crippen molar-refractivity contribution in [2.24, 2.45) is 11.7 Å². The second-order valence-corrected chi connectivity index (χ2v) is 5.30. The van der Waals surface area contributed by atoms with Gasteiger partial charge in [0.15, 0.2) is 0 Å². The first-order valence-electron chi connectivity index (χ1n) is 7.26. The van der Waals surface area contributed by atoms with Crippen molar-refractivity contribution < 1.29 is 0 Å². The average molecular weight is 250 g/mol. The van der Waals surface area contributed by atoms with Crippen LogP contribution in [0.1, 0.15) is 44.7 Å². The highest BCUT2D eigenvalue weighted by atomic mass is 15.3. The highest BCUT2D eigenvalue weighted by Gasteiger charge is 2.34. The average Bonchev–Trinajstić information content (AvgIpc) is 2.96. The van der Waals surface area contributed by atoms with Crippen LogP contribution in [0.15, 0.2) is 12.4 Å². The first-order chi connectivity index (χ1) is 8.80. The smallest absolute Gasteiger partial charge is 0.0537 e. The lowest BCUT2D eigenvalue weighted by atomic mass is 9.96. The van der Waals surface area contributed by atoms with E-state index in [4.69, 9.17) is 5.73 Å². The quantitative estimate of drug-likeness (QED) is 0.840. The van der Waals surface area contributed by atoms with Crippen molar-refractivity contribution in [2.45, 2.75) is 45.7 Å². The van der Waals surface area contributed by atoms with Crippen LogP contribution in [0.4, 0.5) is 0 Å². The fourth-order valence-corrected chi connectivity index (χ4v) is 3.08. The predicted octanol–water partition coefficient (Wildman–Crippen LogP) is 2.02. The number of likely N-dealkylation sites (tertiary alicyclic amines) is 1. The van der Waals surface area contributed by atoms with Gasteiger partial charge < -0.3 is 5.73 Å². The maximum absolute atomic E-state index is 5.93. The highest BCUT2D eigenvalue weighted by Crippen LogP contribution is 2.36. The van der Waals surface area contributed by atoms with Crippen LogP contribution in [-0.4, -0.2) is 34.3 Å². The van der Waals surface area contributed by atoms with Crippen LogP contribution in [-0.2, 0) is 6.54 Å². The number of nitrogens with zero attached hydrogens (tertiary/aromatic N) is 3. The van der Waals surface area contributed by atoms with Crippen LogP contribution in [0.3, 0.4) is 0 Å². The summed E-state index contributed by atoms with van der Waals surface area (Å²) in [6.07, 6.45) is 7.81. The Labute approximate surface area is 110 Å². The van der Waals surface area contributed by atoms with Crippen molar-refractivity contribution in [1.29, 1.82) is 0 Å². The molecule has 4 nitrogen and oxygen atoms in total. The minimum atomic E-state index is 0.487. The van der Waals surface area contributed by atoms with Gasteiger partial charge in [-0.05, 0) is 44.8 Å². The third kappa shape index (κ3) is 2.75. The zero-order chi connectivity index (χ0) is 13.0. The molecule has 0 aromatic carbocycles. The Balaban J connectivity index is 2.14. The molecule has 1 aromatic heterocycles. The molecule has 1 saturated heterocycles. The predicted molar refractivity (Wildman–Crippen MR) is 74.3 cm³/mol. The van der Waals surface area contributed by atoms with Crippen molar-refractivity contribution in [3.8, 4) is 0 Å². The van der Waals surface area contributed by atoms with Gasteiger partial charge in [0.05, 0.1) is 6.20 Å². The number of hydrogen-bond donors (Lipinski definition) is 1. The summed E-state index contributed by atoms with van der Waals surface area (Å²) in [7, 11) is 0. The van der Waals surface area contributed by atoms with Crippen LogP contribution in [0.5, 0.6) is 0 Å². The molecule has 1 aliphatic heterocycles. The fourth-order valence-electron chi connectivity index (χ4n) is 3.08. The first kappa shape index (κ1) is 13.6. The van der Waals surface area contributed by atoms with Gasteiger partial charge in [0.25, 0.3) is 0 Å². The summed E-state index contributed by atoms with van der Waals surface area (Å²) >= 11 is 0. The largest absolute Gasteiger partial charge is 0.330 e. The zero-order valence-electron chi connectivity index (χ0n) is 11.7. The van der Waals surface area contributed by atoms with Crippen molar-refractivity contribution in [3.63, 3.8) is 0 Å². The van der Waals surface area contributed by atoms with Crippen LogP contribution in [0, 0.1) is 5.92 Å². The van der Waals surface area contributed by atoms with E-state index < -0.39 is 0 Å². The Morgan fingerprint density at radius 1 is 1.33 bits per heavy atom. The summed E-state index contributed by atoms with van der Waals surface area (Å²) in [5, 5.41) is 4.46. The van der Waals surface area contributed by atoms with Gasteiger partial charge in [0.1, 0.15) is 0 Å². The van der Waals surface area contributed by atoms with Crippen LogP contribution >= 0.6 is 0 Å². The number of hydrogen-bond acceptors (Lipinski definition) is 3. The van der Waals surface area contributed by atoms with E-state index in [9.17, 15) is 0 Å². The fraction of sp³-hybridized carbons (Fsp3) is 0.786.